The molecule has 0 radical (unpaired) electrons. The number of rotatable bonds is 1. The second-order valence-corrected chi connectivity index (χ2v) is 4.34. The SMILES string of the molecule is COC(=O)c1ccnc2c1ccc1c(C)ccnc12. The summed E-state index contributed by atoms with van der Waals surface area (Å²) in [5.74, 6) is -0.362. The van der Waals surface area contributed by atoms with E-state index < -0.39 is 0 Å². The van der Waals surface area contributed by atoms with E-state index >= 15 is 0 Å². The van der Waals surface area contributed by atoms with E-state index in [1.807, 2.05) is 25.1 Å². The summed E-state index contributed by atoms with van der Waals surface area (Å²) in [6.07, 6.45) is 3.36. The number of pyridine rings is 2. The standard InChI is InChI=1S/C15H12N2O2/c1-9-5-7-16-13-10(9)3-4-11-12(15(18)19-2)6-8-17-14(11)13/h3-8H,1-2H3. The number of hydrogen-bond donors (Lipinski definition) is 0. The lowest BCUT2D eigenvalue weighted by atomic mass is 10.0. The number of ether oxygens (including phenoxy) is 1. The molecule has 0 aliphatic heterocycles. The molecule has 0 aliphatic rings. The van der Waals surface area contributed by atoms with E-state index in [4.69, 9.17) is 4.74 Å². The minimum absolute atomic E-state index is 0.362. The van der Waals surface area contributed by atoms with E-state index in [-0.39, 0.29) is 5.97 Å². The average molecular weight is 252 g/mol. The first-order valence-electron chi connectivity index (χ1n) is 5.93. The number of carbonyl (C=O) groups is 1. The molecule has 0 saturated heterocycles. The van der Waals surface area contributed by atoms with Gasteiger partial charge in [-0.2, -0.15) is 0 Å². The third-order valence-corrected chi connectivity index (χ3v) is 3.24. The van der Waals surface area contributed by atoms with Crippen molar-refractivity contribution < 1.29 is 9.53 Å². The molecule has 0 saturated carbocycles. The molecule has 0 amide bonds. The number of esters is 1. The highest BCUT2D eigenvalue weighted by Crippen LogP contribution is 2.26. The van der Waals surface area contributed by atoms with Gasteiger partial charge in [-0.1, -0.05) is 12.1 Å². The second-order valence-electron chi connectivity index (χ2n) is 4.34. The van der Waals surface area contributed by atoms with Crippen molar-refractivity contribution in [2.45, 2.75) is 6.92 Å². The molecule has 4 nitrogen and oxygen atoms in total. The number of fused-ring (bicyclic) bond motifs is 3. The van der Waals surface area contributed by atoms with Crippen molar-refractivity contribution in [2.24, 2.45) is 0 Å². The second kappa shape index (κ2) is 4.31. The van der Waals surface area contributed by atoms with E-state index in [0.717, 1.165) is 27.4 Å². The number of methoxy groups -OCH3 is 1. The Morgan fingerprint density at radius 2 is 1.63 bits per heavy atom. The van der Waals surface area contributed by atoms with Crippen molar-refractivity contribution in [1.82, 2.24) is 9.97 Å². The van der Waals surface area contributed by atoms with Crippen molar-refractivity contribution in [2.75, 3.05) is 7.11 Å². The highest BCUT2D eigenvalue weighted by atomic mass is 16.5. The van der Waals surface area contributed by atoms with Crippen LogP contribution in [0.4, 0.5) is 0 Å². The average Bonchev–Trinajstić information content (AvgIpc) is 2.46. The van der Waals surface area contributed by atoms with E-state index in [1.165, 1.54) is 7.11 Å². The largest absolute Gasteiger partial charge is 0.465 e. The predicted molar refractivity (Wildman–Crippen MR) is 73.1 cm³/mol. The molecule has 3 aromatic rings. The van der Waals surface area contributed by atoms with Crippen LogP contribution in [0.15, 0.2) is 36.7 Å². The minimum Gasteiger partial charge on any atom is -0.465 e. The molecule has 0 atom stereocenters. The molecule has 1 aromatic carbocycles. The molecule has 2 aromatic heterocycles. The Morgan fingerprint density at radius 1 is 1.00 bits per heavy atom. The van der Waals surface area contributed by atoms with Crippen LogP contribution >= 0.6 is 0 Å². The van der Waals surface area contributed by atoms with Crippen LogP contribution in [-0.2, 0) is 4.74 Å². The van der Waals surface area contributed by atoms with Gasteiger partial charge in [0.25, 0.3) is 0 Å². The van der Waals surface area contributed by atoms with Gasteiger partial charge in [-0.05, 0) is 24.6 Å². The maximum Gasteiger partial charge on any atom is 0.338 e. The van der Waals surface area contributed by atoms with E-state index in [2.05, 4.69) is 9.97 Å². The van der Waals surface area contributed by atoms with Gasteiger partial charge in [0.05, 0.1) is 23.7 Å². The number of aromatic nitrogens is 2. The topological polar surface area (TPSA) is 52.1 Å². The molecular formula is C15H12N2O2. The maximum absolute atomic E-state index is 11.8. The zero-order valence-corrected chi connectivity index (χ0v) is 10.7. The van der Waals surface area contributed by atoms with Gasteiger partial charge in [0.1, 0.15) is 0 Å². The fourth-order valence-electron chi connectivity index (χ4n) is 2.25. The number of hydrogen-bond acceptors (Lipinski definition) is 4. The summed E-state index contributed by atoms with van der Waals surface area (Å²) in [4.78, 5) is 20.5. The Kier molecular flexibility index (Phi) is 2.63. The Bertz CT molecular complexity index is 797. The Labute approximate surface area is 110 Å². The lowest BCUT2D eigenvalue weighted by Gasteiger charge is -2.07. The third kappa shape index (κ3) is 1.73. The van der Waals surface area contributed by atoms with Gasteiger partial charge in [-0.3, -0.25) is 9.97 Å². The van der Waals surface area contributed by atoms with Crippen molar-refractivity contribution in [3.05, 3.63) is 47.8 Å². The zero-order valence-electron chi connectivity index (χ0n) is 10.7. The molecule has 3 rings (SSSR count). The number of nitrogens with zero attached hydrogens (tertiary/aromatic N) is 2. The third-order valence-electron chi connectivity index (χ3n) is 3.24. The molecular weight excluding hydrogens is 240 g/mol. The first-order chi connectivity index (χ1) is 9.22. The van der Waals surface area contributed by atoms with Gasteiger partial charge in [-0.15, -0.1) is 0 Å². The van der Waals surface area contributed by atoms with Crippen LogP contribution in [-0.4, -0.2) is 23.0 Å². The van der Waals surface area contributed by atoms with Gasteiger partial charge in [0.2, 0.25) is 0 Å². The van der Waals surface area contributed by atoms with Gasteiger partial charge < -0.3 is 4.74 Å². The summed E-state index contributed by atoms with van der Waals surface area (Å²) in [7, 11) is 1.37. The van der Waals surface area contributed by atoms with Gasteiger partial charge >= 0.3 is 5.97 Å². The molecule has 0 bridgehead atoms. The first kappa shape index (κ1) is 11.6. The van der Waals surface area contributed by atoms with Crippen LogP contribution in [0.5, 0.6) is 0 Å². The molecule has 0 N–H and O–H groups in total. The van der Waals surface area contributed by atoms with Crippen molar-refractivity contribution in [3.8, 4) is 0 Å². The highest BCUT2D eigenvalue weighted by Gasteiger charge is 2.13. The predicted octanol–water partition coefficient (Wildman–Crippen LogP) is 2.88. The summed E-state index contributed by atoms with van der Waals surface area (Å²) in [6, 6.07) is 7.48. The molecule has 0 fully saturated rings. The normalized spacial score (nSPS) is 10.8. The van der Waals surface area contributed by atoms with Crippen LogP contribution < -0.4 is 0 Å². The Balaban J connectivity index is 2.45. The van der Waals surface area contributed by atoms with Crippen LogP contribution in [0.1, 0.15) is 15.9 Å². The quantitative estimate of drug-likeness (QED) is 0.493. The summed E-state index contributed by atoms with van der Waals surface area (Å²) in [5.41, 5.74) is 3.18. The fourth-order valence-corrected chi connectivity index (χ4v) is 2.25. The molecule has 2 heterocycles. The van der Waals surface area contributed by atoms with E-state index in [9.17, 15) is 4.79 Å². The van der Waals surface area contributed by atoms with Crippen molar-refractivity contribution >= 4 is 27.8 Å². The lowest BCUT2D eigenvalue weighted by Crippen LogP contribution is -2.03. The summed E-state index contributed by atoms with van der Waals surface area (Å²) in [6.45, 7) is 2.03. The summed E-state index contributed by atoms with van der Waals surface area (Å²) in [5, 5.41) is 1.81. The summed E-state index contributed by atoms with van der Waals surface area (Å²) < 4.78 is 4.79. The van der Waals surface area contributed by atoms with Gasteiger partial charge in [0, 0.05) is 23.2 Å². The maximum atomic E-state index is 11.8. The molecule has 19 heavy (non-hydrogen) atoms. The zero-order chi connectivity index (χ0) is 13.4. The van der Waals surface area contributed by atoms with Crippen LogP contribution in [0.2, 0.25) is 0 Å². The number of aryl methyl sites for hydroxylation is 1. The number of carbonyl (C=O) groups excluding carboxylic acids is 1. The molecule has 4 heteroatoms. The molecule has 0 unspecified atom stereocenters. The monoisotopic (exact) mass is 252 g/mol. The molecule has 94 valence electrons. The molecule has 0 spiro atoms. The highest BCUT2D eigenvalue weighted by molar-refractivity contribution is 6.11. The Hall–Kier alpha value is -2.49. The summed E-state index contributed by atoms with van der Waals surface area (Å²) >= 11 is 0. The Morgan fingerprint density at radius 3 is 2.37 bits per heavy atom. The van der Waals surface area contributed by atoms with E-state index in [0.29, 0.717) is 5.56 Å². The van der Waals surface area contributed by atoms with Crippen molar-refractivity contribution in [1.29, 1.82) is 0 Å². The van der Waals surface area contributed by atoms with Crippen molar-refractivity contribution in [3.63, 3.8) is 0 Å². The van der Waals surface area contributed by atoms with E-state index in [1.54, 1.807) is 18.5 Å². The minimum atomic E-state index is -0.362. The first-order valence-corrected chi connectivity index (χ1v) is 5.93. The lowest BCUT2D eigenvalue weighted by molar-refractivity contribution is 0.0603. The molecule has 0 aliphatic carbocycles. The fraction of sp³-hybridized carbons (Fsp3) is 0.133. The van der Waals surface area contributed by atoms with Gasteiger partial charge in [-0.25, -0.2) is 4.79 Å². The number of benzene rings is 1. The van der Waals surface area contributed by atoms with Gasteiger partial charge in [0.15, 0.2) is 0 Å². The van der Waals surface area contributed by atoms with Crippen LogP contribution in [0.3, 0.4) is 0 Å². The van der Waals surface area contributed by atoms with Crippen LogP contribution in [0, 0.1) is 6.92 Å². The van der Waals surface area contributed by atoms with Crippen LogP contribution in [0.25, 0.3) is 21.8 Å². The smallest absolute Gasteiger partial charge is 0.338 e.